The summed E-state index contributed by atoms with van der Waals surface area (Å²) in [6.45, 7) is 7.13. The van der Waals surface area contributed by atoms with Crippen LogP contribution in [0.1, 0.15) is 57.1 Å². The van der Waals surface area contributed by atoms with Crippen molar-refractivity contribution in [3.8, 4) is 5.75 Å². The molecule has 1 rings (SSSR count). The quantitative estimate of drug-likeness (QED) is 0.410. The lowest BCUT2D eigenvalue weighted by atomic mass is 9.85. The average Bonchev–Trinajstić information content (AvgIpc) is 2.62. The van der Waals surface area contributed by atoms with Gasteiger partial charge in [0.2, 0.25) is 0 Å². The van der Waals surface area contributed by atoms with Gasteiger partial charge in [-0.05, 0) is 45.0 Å². The molecular weight excluding hydrogens is 357 g/mol. The molecule has 0 amide bonds. The van der Waals surface area contributed by atoms with Crippen molar-refractivity contribution >= 4 is 5.69 Å². The lowest BCUT2D eigenvalue weighted by Gasteiger charge is -2.33. The summed E-state index contributed by atoms with van der Waals surface area (Å²) < 4.78 is 46.7. The Morgan fingerprint density at radius 2 is 1.81 bits per heavy atom. The van der Waals surface area contributed by atoms with Gasteiger partial charge in [-0.25, -0.2) is 0 Å². The van der Waals surface area contributed by atoms with Crippen LogP contribution in [0.5, 0.6) is 5.75 Å². The first-order chi connectivity index (χ1) is 12.6. The molecule has 0 saturated carbocycles. The molecule has 1 aromatic rings. The van der Waals surface area contributed by atoms with Gasteiger partial charge in [-0.15, -0.1) is 0 Å². The molecule has 0 aromatic heterocycles. The number of nitrogens with zero attached hydrogens (tertiary/aromatic N) is 1. The molecule has 7 heteroatoms. The van der Waals surface area contributed by atoms with Crippen molar-refractivity contribution in [3.05, 3.63) is 23.3 Å². The third-order valence-electron chi connectivity index (χ3n) is 4.93. The molecule has 2 N–H and O–H groups in total. The molecule has 156 valence electrons. The molecule has 0 radical (unpaired) electrons. The van der Waals surface area contributed by atoms with E-state index in [0.29, 0.717) is 30.8 Å². The summed E-state index contributed by atoms with van der Waals surface area (Å²) in [4.78, 5) is 2.03. The molecule has 0 saturated heterocycles. The van der Waals surface area contributed by atoms with E-state index < -0.39 is 11.8 Å². The number of ether oxygens (including phenoxy) is 1. The first-order valence-electron chi connectivity index (χ1n) is 9.51. The highest BCUT2D eigenvalue weighted by molar-refractivity contribution is 5.59. The van der Waals surface area contributed by atoms with Crippen LogP contribution < -0.4 is 10.1 Å². The van der Waals surface area contributed by atoms with Crippen molar-refractivity contribution in [3.63, 3.8) is 0 Å². The highest BCUT2D eigenvalue weighted by Crippen LogP contribution is 2.47. The zero-order chi connectivity index (χ0) is 20.7. The Morgan fingerprint density at radius 1 is 1.15 bits per heavy atom. The van der Waals surface area contributed by atoms with Crippen LogP contribution in [0.15, 0.2) is 12.1 Å². The number of methoxy groups -OCH3 is 1. The van der Waals surface area contributed by atoms with E-state index in [4.69, 9.17) is 4.74 Å². The molecule has 0 fully saturated rings. The van der Waals surface area contributed by atoms with Crippen molar-refractivity contribution in [1.82, 2.24) is 4.90 Å². The second kappa shape index (κ2) is 10.2. The largest absolute Gasteiger partial charge is 0.496 e. The number of unbranched alkanes of at least 4 members (excludes halogenated alkanes) is 3. The van der Waals surface area contributed by atoms with Crippen LogP contribution in [0.4, 0.5) is 18.9 Å². The zero-order valence-electron chi connectivity index (χ0n) is 17.0. The van der Waals surface area contributed by atoms with Crippen molar-refractivity contribution in [2.45, 2.75) is 64.7 Å². The number of hydrogen-bond acceptors (Lipinski definition) is 4. The Labute approximate surface area is 160 Å². The van der Waals surface area contributed by atoms with E-state index in [2.05, 4.69) is 5.32 Å². The molecule has 1 atom stereocenters. The third kappa shape index (κ3) is 6.01. The summed E-state index contributed by atoms with van der Waals surface area (Å²) in [5.41, 5.74) is -1.82. The van der Waals surface area contributed by atoms with Gasteiger partial charge in [-0.2, -0.15) is 13.2 Å². The van der Waals surface area contributed by atoms with Gasteiger partial charge in [-0.1, -0.05) is 33.1 Å². The number of anilines is 1. The number of nitrogens with one attached hydrogen (secondary N) is 1. The second-order valence-electron chi connectivity index (χ2n) is 7.04. The molecule has 0 bridgehead atoms. The maximum atomic E-state index is 13.8. The first kappa shape index (κ1) is 23.6. The molecule has 0 aliphatic rings. The summed E-state index contributed by atoms with van der Waals surface area (Å²) >= 11 is 0. The van der Waals surface area contributed by atoms with E-state index in [-0.39, 0.29) is 17.7 Å². The highest BCUT2D eigenvalue weighted by atomic mass is 19.4. The Morgan fingerprint density at radius 3 is 2.33 bits per heavy atom. The van der Waals surface area contributed by atoms with Gasteiger partial charge in [0.15, 0.2) is 5.60 Å². The van der Waals surface area contributed by atoms with Crippen molar-refractivity contribution in [2.24, 2.45) is 0 Å². The van der Waals surface area contributed by atoms with Gasteiger partial charge in [0.1, 0.15) is 5.75 Å². The minimum absolute atomic E-state index is 0.0394. The fourth-order valence-corrected chi connectivity index (χ4v) is 2.94. The van der Waals surface area contributed by atoms with E-state index >= 15 is 0 Å². The Kier molecular flexibility index (Phi) is 8.88. The van der Waals surface area contributed by atoms with E-state index in [9.17, 15) is 18.3 Å². The van der Waals surface area contributed by atoms with Gasteiger partial charge in [0.25, 0.3) is 0 Å². The lowest BCUT2D eigenvalue weighted by Crippen LogP contribution is -2.42. The second-order valence-corrected chi connectivity index (χ2v) is 7.04. The van der Waals surface area contributed by atoms with Crippen LogP contribution in [0.25, 0.3) is 0 Å². The standard InChI is InChI=1S/C20H33F3N2O2/c1-6-8-9-10-11-19(26,20(21,22)23)16-12-15(3)17(13-18(16)27-5)24-14-25(4)7-2/h12-13,24,26H,6-11,14H2,1-5H3. The number of halogens is 3. The summed E-state index contributed by atoms with van der Waals surface area (Å²) in [6, 6.07) is 2.93. The lowest BCUT2D eigenvalue weighted by molar-refractivity contribution is -0.270. The van der Waals surface area contributed by atoms with Gasteiger partial charge < -0.3 is 15.2 Å². The minimum Gasteiger partial charge on any atom is -0.496 e. The fraction of sp³-hybridized carbons (Fsp3) is 0.700. The molecule has 4 nitrogen and oxygen atoms in total. The summed E-state index contributed by atoms with van der Waals surface area (Å²) in [7, 11) is 3.26. The van der Waals surface area contributed by atoms with Crippen LogP contribution in [-0.4, -0.2) is 43.6 Å². The van der Waals surface area contributed by atoms with Crippen molar-refractivity contribution in [1.29, 1.82) is 0 Å². The molecular formula is C20H33F3N2O2. The predicted octanol–water partition coefficient (Wildman–Crippen LogP) is 5.05. The molecule has 1 aromatic carbocycles. The average molecular weight is 390 g/mol. The summed E-state index contributed by atoms with van der Waals surface area (Å²) in [5.74, 6) is 0.0394. The summed E-state index contributed by atoms with van der Waals surface area (Å²) in [6.07, 6.45) is -2.45. The molecule has 27 heavy (non-hydrogen) atoms. The smallest absolute Gasteiger partial charge is 0.421 e. The summed E-state index contributed by atoms with van der Waals surface area (Å²) in [5, 5.41) is 13.9. The molecule has 0 aliphatic carbocycles. The zero-order valence-corrected chi connectivity index (χ0v) is 17.0. The monoisotopic (exact) mass is 390 g/mol. The van der Waals surface area contributed by atoms with Crippen LogP contribution in [0, 0.1) is 6.92 Å². The SMILES string of the molecule is CCCCCCC(O)(c1cc(C)c(NCN(C)CC)cc1OC)C(F)(F)F. The number of alkyl halides is 3. The molecule has 0 heterocycles. The van der Waals surface area contributed by atoms with E-state index in [1.54, 1.807) is 6.92 Å². The molecule has 1 unspecified atom stereocenters. The Balaban J connectivity index is 3.23. The van der Waals surface area contributed by atoms with Gasteiger partial charge in [-0.3, -0.25) is 4.90 Å². The van der Waals surface area contributed by atoms with E-state index in [1.165, 1.54) is 19.2 Å². The minimum atomic E-state index is -4.78. The van der Waals surface area contributed by atoms with Crippen LogP contribution in [0.2, 0.25) is 0 Å². The number of aryl methyl sites for hydroxylation is 1. The Bertz CT molecular complexity index is 593. The predicted molar refractivity (Wildman–Crippen MR) is 103 cm³/mol. The maximum absolute atomic E-state index is 13.8. The Hall–Kier alpha value is -1.47. The van der Waals surface area contributed by atoms with Crippen LogP contribution in [0.3, 0.4) is 0 Å². The van der Waals surface area contributed by atoms with E-state index in [1.807, 2.05) is 25.8 Å². The third-order valence-corrected chi connectivity index (χ3v) is 4.93. The van der Waals surface area contributed by atoms with Gasteiger partial charge >= 0.3 is 6.18 Å². The van der Waals surface area contributed by atoms with Crippen molar-refractivity contribution in [2.75, 3.05) is 32.7 Å². The normalized spacial score (nSPS) is 14.3. The first-order valence-corrected chi connectivity index (χ1v) is 9.51. The number of hydrogen-bond donors (Lipinski definition) is 2. The van der Waals surface area contributed by atoms with Gasteiger partial charge in [0, 0.05) is 17.3 Å². The van der Waals surface area contributed by atoms with Crippen LogP contribution >= 0.6 is 0 Å². The number of aliphatic hydroxyl groups is 1. The van der Waals surface area contributed by atoms with Gasteiger partial charge in [0.05, 0.1) is 13.8 Å². The molecule has 0 aliphatic heterocycles. The van der Waals surface area contributed by atoms with Crippen molar-refractivity contribution < 1.29 is 23.0 Å². The van der Waals surface area contributed by atoms with E-state index in [0.717, 1.165) is 19.4 Å². The highest BCUT2D eigenvalue weighted by Gasteiger charge is 2.55. The topological polar surface area (TPSA) is 44.7 Å². The maximum Gasteiger partial charge on any atom is 0.421 e. The number of rotatable bonds is 11. The molecule has 0 spiro atoms. The number of benzene rings is 1. The fourth-order valence-electron chi connectivity index (χ4n) is 2.94. The van der Waals surface area contributed by atoms with Crippen LogP contribution in [-0.2, 0) is 5.60 Å².